The molecule has 1 amide bonds. The lowest BCUT2D eigenvalue weighted by atomic mass is 10.0. The molecule has 0 spiro atoms. The molecule has 1 aromatic heterocycles. The van der Waals surface area contributed by atoms with Crippen LogP contribution in [0.25, 0.3) is 10.9 Å². The number of aromatic nitrogens is 1. The van der Waals surface area contributed by atoms with Crippen LogP contribution in [0.4, 0.5) is 0 Å². The van der Waals surface area contributed by atoms with Gasteiger partial charge in [-0.05, 0) is 54.8 Å². The summed E-state index contributed by atoms with van der Waals surface area (Å²) in [5.74, 6) is 0.645. The van der Waals surface area contributed by atoms with Crippen LogP contribution in [0.3, 0.4) is 0 Å². The van der Waals surface area contributed by atoms with Gasteiger partial charge in [-0.15, -0.1) is 0 Å². The molecule has 4 aromatic rings. The van der Waals surface area contributed by atoms with Crippen LogP contribution in [-0.4, -0.2) is 30.6 Å². The van der Waals surface area contributed by atoms with Crippen LogP contribution in [0.1, 0.15) is 27.0 Å². The Morgan fingerprint density at radius 1 is 1.00 bits per heavy atom. The van der Waals surface area contributed by atoms with Crippen molar-refractivity contribution in [2.24, 2.45) is 0 Å². The van der Waals surface area contributed by atoms with E-state index in [0.29, 0.717) is 12.1 Å². The number of ether oxygens (including phenoxy) is 1. The molecule has 0 aliphatic rings. The van der Waals surface area contributed by atoms with E-state index in [4.69, 9.17) is 4.74 Å². The zero-order chi connectivity index (χ0) is 22.3. The number of carbonyl (C=O) groups is 1. The van der Waals surface area contributed by atoms with E-state index in [1.165, 1.54) is 22.1 Å². The van der Waals surface area contributed by atoms with Gasteiger partial charge in [0.1, 0.15) is 5.75 Å². The van der Waals surface area contributed by atoms with E-state index in [1.807, 2.05) is 18.3 Å². The second-order valence-corrected chi connectivity index (χ2v) is 8.08. The number of methoxy groups -OCH3 is 1. The molecule has 0 saturated heterocycles. The first-order valence-electron chi connectivity index (χ1n) is 10.9. The molecular weight excluding hydrogens is 398 g/mol. The first kappa shape index (κ1) is 21.7. The van der Waals surface area contributed by atoms with Crippen molar-refractivity contribution in [1.82, 2.24) is 15.6 Å². The molecule has 0 bridgehead atoms. The number of H-pyrrole nitrogens is 1. The van der Waals surface area contributed by atoms with Gasteiger partial charge in [0, 0.05) is 41.8 Å². The normalized spacial score (nSPS) is 11.9. The fourth-order valence-corrected chi connectivity index (χ4v) is 3.85. The van der Waals surface area contributed by atoms with Gasteiger partial charge in [-0.1, -0.05) is 48.0 Å². The average molecular weight is 428 g/mol. The number of benzene rings is 3. The Balaban J connectivity index is 1.47. The Labute approximate surface area is 188 Å². The van der Waals surface area contributed by atoms with E-state index in [1.54, 1.807) is 31.4 Å². The van der Waals surface area contributed by atoms with Crippen molar-refractivity contribution in [3.8, 4) is 5.75 Å². The van der Waals surface area contributed by atoms with Gasteiger partial charge in [0.25, 0.3) is 5.91 Å². The van der Waals surface area contributed by atoms with Crippen LogP contribution in [0.15, 0.2) is 79.0 Å². The number of para-hydroxylation sites is 1. The molecule has 1 atom stereocenters. The molecular formula is C27H29N3O2. The van der Waals surface area contributed by atoms with Crippen molar-refractivity contribution in [2.75, 3.05) is 13.7 Å². The van der Waals surface area contributed by atoms with Crippen LogP contribution < -0.4 is 15.4 Å². The molecule has 0 unspecified atom stereocenters. The Hall–Kier alpha value is -3.57. The van der Waals surface area contributed by atoms with Gasteiger partial charge in [0.2, 0.25) is 0 Å². The Morgan fingerprint density at radius 2 is 1.75 bits per heavy atom. The summed E-state index contributed by atoms with van der Waals surface area (Å²) in [5, 5.41) is 7.91. The number of aryl methyl sites for hydroxylation is 1. The molecule has 5 heteroatoms. The van der Waals surface area contributed by atoms with E-state index >= 15 is 0 Å². The van der Waals surface area contributed by atoms with Crippen LogP contribution in [0.5, 0.6) is 5.75 Å². The number of carbonyl (C=O) groups excluding carboxylic acids is 1. The Kier molecular flexibility index (Phi) is 6.87. The molecule has 32 heavy (non-hydrogen) atoms. The molecule has 1 heterocycles. The van der Waals surface area contributed by atoms with Crippen molar-refractivity contribution in [2.45, 2.75) is 25.9 Å². The van der Waals surface area contributed by atoms with E-state index < -0.39 is 0 Å². The van der Waals surface area contributed by atoms with Gasteiger partial charge < -0.3 is 20.4 Å². The van der Waals surface area contributed by atoms with Crippen molar-refractivity contribution >= 4 is 16.8 Å². The van der Waals surface area contributed by atoms with Gasteiger partial charge >= 0.3 is 0 Å². The number of fused-ring (bicyclic) bond motifs is 1. The van der Waals surface area contributed by atoms with Gasteiger partial charge in [-0.3, -0.25) is 4.79 Å². The number of hydrogen-bond donors (Lipinski definition) is 3. The van der Waals surface area contributed by atoms with E-state index in [9.17, 15) is 4.79 Å². The second-order valence-electron chi connectivity index (χ2n) is 8.08. The second kappa shape index (κ2) is 10.2. The predicted octanol–water partition coefficient (Wildman–Crippen LogP) is 4.62. The standard InChI is InChI=1S/C27H29N3O2/c1-19-7-9-20(10-8-19)16-28-18-23(15-22-17-29-26-6-4-3-5-25(22)26)30-27(31)21-11-13-24(32-2)14-12-21/h3-14,17,23,28-29H,15-16,18H2,1-2H3,(H,30,31)/t23-/m0/s1. The van der Waals surface area contributed by atoms with Crippen LogP contribution >= 0.6 is 0 Å². The highest BCUT2D eigenvalue weighted by Crippen LogP contribution is 2.19. The molecule has 0 fully saturated rings. The molecule has 5 nitrogen and oxygen atoms in total. The molecule has 4 rings (SSSR count). The number of nitrogens with one attached hydrogen (secondary N) is 3. The lowest BCUT2D eigenvalue weighted by molar-refractivity contribution is 0.0936. The first-order chi connectivity index (χ1) is 15.6. The molecule has 3 aromatic carbocycles. The maximum absolute atomic E-state index is 12.9. The van der Waals surface area contributed by atoms with Crippen molar-refractivity contribution in [3.63, 3.8) is 0 Å². The minimum atomic E-state index is -0.0883. The first-order valence-corrected chi connectivity index (χ1v) is 10.9. The zero-order valence-electron chi connectivity index (χ0n) is 18.5. The fourth-order valence-electron chi connectivity index (χ4n) is 3.85. The summed E-state index contributed by atoms with van der Waals surface area (Å²) in [5.41, 5.74) is 5.39. The molecule has 0 aliphatic heterocycles. The number of aromatic amines is 1. The summed E-state index contributed by atoms with van der Waals surface area (Å²) < 4.78 is 5.20. The maximum Gasteiger partial charge on any atom is 0.251 e. The van der Waals surface area contributed by atoms with Crippen molar-refractivity contribution < 1.29 is 9.53 Å². The zero-order valence-corrected chi connectivity index (χ0v) is 18.5. The smallest absolute Gasteiger partial charge is 0.251 e. The average Bonchev–Trinajstić information content (AvgIpc) is 3.23. The number of rotatable bonds is 9. The SMILES string of the molecule is COc1ccc(C(=O)N[C@H](CNCc2ccc(C)cc2)Cc2c[nH]c3ccccc23)cc1. The molecule has 0 saturated carbocycles. The summed E-state index contributed by atoms with van der Waals surface area (Å²) in [6.07, 6.45) is 2.77. The lowest BCUT2D eigenvalue weighted by Gasteiger charge is -2.20. The fraction of sp³-hybridized carbons (Fsp3) is 0.222. The number of hydrogen-bond acceptors (Lipinski definition) is 3. The van der Waals surface area contributed by atoms with Gasteiger partial charge in [0.15, 0.2) is 0 Å². The van der Waals surface area contributed by atoms with E-state index in [0.717, 1.165) is 24.2 Å². The van der Waals surface area contributed by atoms with E-state index in [2.05, 4.69) is 58.9 Å². The molecule has 3 N–H and O–H groups in total. The summed E-state index contributed by atoms with van der Waals surface area (Å²) in [6.45, 7) is 3.50. The highest BCUT2D eigenvalue weighted by Gasteiger charge is 2.16. The number of amides is 1. The van der Waals surface area contributed by atoms with E-state index in [-0.39, 0.29) is 11.9 Å². The van der Waals surface area contributed by atoms with Gasteiger partial charge in [0.05, 0.1) is 7.11 Å². The summed E-state index contributed by atoms with van der Waals surface area (Å²) in [4.78, 5) is 16.3. The van der Waals surface area contributed by atoms with Gasteiger partial charge in [-0.2, -0.15) is 0 Å². The van der Waals surface area contributed by atoms with Crippen molar-refractivity contribution in [3.05, 3.63) is 101 Å². The van der Waals surface area contributed by atoms with Gasteiger partial charge in [-0.25, -0.2) is 0 Å². The third-order valence-corrected chi connectivity index (χ3v) is 5.67. The minimum Gasteiger partial charge on any atom is -0.497 e. The topological polar surface area (TPSA) is 66.2 Å². The minimum absolute atomic E-state index is 0.0609. The lowest BCUT2D eigenvalue weighted by Crippen LogP contribution is -2.43. The predicted molar refractivity (Wildman–Crippen MR) is 129 cm³/mol. The summed E-state index contributed by atoms with van der Waals surface area (Å²) in [7, 11) is 1.62. The van der Waals surface area contributed by atoms with Crippen LogP contribution in [0, 0.1) is 6.92 Å². The molecule has 0 radical (unpaired) electrons. The Morgan fingerprint density at radius 3 is 2.50 bits per heavy atom. The van der Waals surface area contributed by atoms with Crippen molar-refractivity contribution in [1.29, 1.82) is 0 Å². The van der Waals surface area contributed by atoms with Crippen LogP contribution in [0.2, 0.25) is 0 Å². The largest absolute Gasteiger partial charge is 0.497 e. The molecule has 164 valence electrons. The quantitative estimate of drug-likeness (QED) is 0.365. The maximum atomic E-state index is 12.9. The summed E-state index contributed by atoms with van der Waals surface area (Å²) >= 11 is 0. The third-order valence-electron chi connectivity index (χ3n) is 5.67. The highest BCUT2D eigenvalue weighted by molar-refractivity contribution is 5.94. The van der Waals surface area contributed by atoms with Crippen LogP contribution in [-0.2, 0) is 13.0 Å². The monoisotopic (exact) mass is 427 g/mol. The Bertz CT molecular complexity index is 1160. The highest BCUT2D eigenvalue weighted by atomic mass is 16.5. The summed E-state index contributed by atoms with van der Waals surface area (Å²) in [6, 6.07) is 23.9. The third kappa shape index (κ3) is 5.37. The molecule has 0 aliphatic carbocycles.